The van der Waals surface area contributed by atoms with Crippen molar-refractivity contribution in [3.8, 4) is 0 Å². The quantitative estimate of drug-likeness (QED) is 0.753. The molecule has 0 aromatic heterocycles. The molecule has 2 aromatic carbocycles. The van der Waals surface area contributed by atoms with E-state index in [2.05, 4.69) is 15.9 Å². The summed E-state index contributed by atoms with van der Waals surface area (Å²) in [4.78, 5) is 25.4. The molecular weight excluding hydrogens is 370 g/mol. The van der Waals surface area contributed by atoms with E-state index in [-0.39, 0.29) is 23.1 Å². The van der Waals surface area contributed by atoms with E-state index in [1.807, 2.05) is 18.2 Å². The molecule has 0 atom stereocenters. The van der Waals surface area contributed by atoms with Crippen LogP contribution in [0.4, 0.5) is 5.69 Å². The van der Waals surface area contributed by atoms with Gasteiger partial charge in [-0.15, -0.1) is 0 Å². The molecule has 0 spiro atoms. The van der Waals surface area contributed by atoms with Gasteiger partial charge in [-0.1, -0.05) is 45.7 Å². The largest absolute Gasteiger partial charge is 0.452 e. The summed E-state index contributed by atoms with van der Waals surface area (Å²) in [6.07, 6.45) is 0. The smallest absolute Gasteiger partial charge is 0.340 e. The van der Waals surface area contributed by atoms with Gasteiger partial charge in [0.1, 0.15) is 0 Å². The summed E-state index contributed by atoms with van der Waals surface area (Å²) in [6, 6.07) is 14.0. The number of esters is 1. The fourth-order valence-electron chi connectivity index (χ4n) is 1.75. The minimum absolute atomic E-state index is 0.214. The first kappa shape index (κ1) is 16.5. The van der Waals surface area contributed by atoms with E-state index < -0.39 is 5.97 Å². The zero-order valence-corrected chi connectivity index (χ0v) is 14.1. The number of ether oxygens (including phenoxy) is 1. The summed E-state index contributed by atoms with van der Waals surface area (Å²) in [6.45, 7) is -0.354. The lowest BCUT2D eigenvalue weighted by atomic mass is 10.2. The van der Waals surface area contributed by atoms with Gasteiger partial charge < -0.3 is 9.64 Å². The third-order valence-electron chi connectivity index (χ3n) is 2.99. The summed E-state index contributed by atoms with van der Waals surface area (Å²) in [5.41, 5.74) is 0.940. The molecule has 4 nitrogen and oxygen atoms in total. The van der Waals surface area contributed by atoms with Crippen LogP contribution in [0.3, 0.4) is 0 Å². The Labute approximate surface area is 141 Å². The lowest BCUT2D eigenvalue weighted by Crippen LogP contribution is -2.31. The van der Waals surface area contributed by atoms with Crippen LogP contribution in [0, 0.1) is 0 Å². The normalized spacial score (nSPS) is 10.1. The first-order valence-corrected chi connectivity index (χ1v) is 7.60. The predicted octanol–water partition coefficient (Wildman–Crippen LogP) is 3.92. The van der Waals surface area contributed by atoms with Crippen molar-refractivity contribution in [3.63, 3.8) is 0 Å². The number of carbonyl (C=O) groups is 2. The second-order valence-electron chi connectivity index (χ2n) is 4.49. The highest BCUT2D eigenvalue weighted by molar-refractivity contribution is 9.10. The second kappa shape index (κ2) is 7.42. The Kier molecular flexibility index (Phi) is 5.57. The van der Waals surface area contributed by atoms with Crippen molar-refractivity contribution in [2.24, 2.45) is 0 Å². The maximum absolute atomic E-state index is 12.0. The molecule has 114 valence electrons. The monoisotopic (exact) mass is 381 g/mol. The number of hydrogen-bond donors (Lipinski definition) is 0. The van der Waals surface area contributed by atoms with E-state index in [0.717, 1.165) is 5.69 Å². The van der Waals surface area contributed by atoms with E-state index in [1.54, 1.807) is 37.4 Å². The van der Waals surface area contributed by atoms with Gasteiger partial charge >= 0.3 is 5.97 Å². The first-order chi connectivity index (χ1) is 10.5. The fourth-order valence-corrected chi connectivity index (χ4v) is 2.31. The lowest BCUT2D eigenvalue weighted by molar-refractivity contribution is -0.121. The number of nitrogens with zero attached hydrogens (tertiary/aromatic N) is 1. The molecule has 0 aliphatic rings. The maximum atomic E-state index is 12.0. The SMILES string of the molecule is CN(C(=O)COC(=O)c1cc(Br)ccc1Cl)c1ccccc1. The van der Waals surface area contributed by atoms with Crippen molar-refractivity contribution in [2.45, 2.75) is 0 Å². The van der Waals surface area contributed by atoms with E-state index >= 15 is 0 Å². The van der Waals surface area contributed by atoms with E-state index in [9.17, 15) is 9.59 Å². The molecule has 0 aliphatic heterocycles. The van der Waals surface area contributed by atoms with Crippen molar-refractivity contribution in [3.05, 3.63) is 63.6 Å². The minimum atomic E-state index is -0.638. The number of rotatable bonds is 4. The van der Waals surface area contributed by atoms with Crippen LogP contribution in [-0.2, 0) is 9.53 Å². The average Bonchev–Trinajstić information content (AvgIpc) is 2.54. The van der Waals surface area contributed by atoms with E-state index in [1.165, 1.54) is 4.90 Å². The minimum Gasteiger partial charge on any atom is -0.452 e. The first-order valence-electron chi connectivity index (χ1n) is 6.43. The van der Waals surface area contributed by atoms with Crippen LogP contribution in [0.1, 0.15) is 10.4 Å². The number of likely N-dealkylation sites (N-methyl/N-ethyl adjacent to an activating group) is 1. The number of benzene rings is 2. The van der Waals surface area contributed by atoms with Crippen LogP contribution in [-0.4, -0.2) is 25.5 Å². The van der Waals surface area contributed by atoms with Crippen LogP contribution in [0.5, 0.6) is 0 Å². The highest BCUT2D eigenvalue weighted by Gasteiger charge is 2.16. The molecule has 0 saturated heterocycles. The summed E-state index contributed by atoms with van der Waals surface area (Å²) >= 11 is 9.20. The molecule has 1 amide bonds. The lowest BCUT2D eigenvalue weighted by Gasteiger charge is -2.17. The third-order valence-corrected chi connectivity index (χ3v) is 3.82. The van der Waals surface area contributed by atoms with Gasteiger partial charge in [0.25, 0.3) is 5.91 Å². The fraction of sp³-hybridized carbons (Fsp3) is 0.125. The summed E-state index contributed by atoms with van der Waals surface area (Å²) < 4.78 is 5.74. The van der Waals surface area contributed by atoms with Gasteiger partial charge in [0.15, 0.2) is 6.61 Å². The Morgan fingerprint density at radius 1 is 1.18 bits per heavy atom. The number of para-hydroxylation sites is 1. The maximum Gasteiger partial charge on any atom is 0.340 e. The average molecular weight is 383 g/mol. The van der Waals surface area contributed by atoms with Gasteiger partial charge in [0.05, 0.1) is 10.6 Å². The van der Waals surface area contributed by atoms with Crippen LogP contribution in [0.2, 0.25) is 5.02 Å². The molecule has 0 unspecified atom stereocenters. The van der Waals surface area contributed by atoms with Gasteiger partial charge in [0, 0.05) is 17.2 Å². The van der Waals surface area contributed by atoms with Crippen molar-refractivity contribution in [1.82, 2.24) is 0 Å². The zero-order valence-electron chi connectivity index (χ0n) is 11.8. The van der Waals surface area contributed by atoms with Gasteiger partial charge in [-0.05, 0) is 30.3 Å². The molecule has 2 rings (SSSR count). The van der Waals surface area contributed by atoms with E-state index in [0.29, 0.717) is 4.47 Å². The van der Waals surface area contributed by atoms with Crippen molar-refractivity contribution >= 4 is 45.1 Å². The van der Waals surface area contributed by atoms with Gasteiger partial charge in [-0.3, -0.25) is 4.79 Å². The summed E-state index contributed by atoms with van der Waals surface area (Å²) in [5.74, 6) is -0.966. The number of halogens is 2. The molecule has 0 heterocycles. The Bertz CT molecular complexity index is 691. The van der Waals surface area contributed by atoms with Gasteiger partial charge in [0.2, 0.25) is 0 Å². The molecule has 0 bridgehead atoms. The molecule has 2 aromatic rings. The zero-order chi connectivity index (χ0) is 16.1. The van der Waals surface area contributed by atoms with Crippen LogP contribution in [0.15, 0.2) is 53.0 Å². The molecular formula is C16H13BrClNO3. The standard InChI is InChI=1S/C16H13BrClNO3/c1-19(12-5-3-2-4-6-12)15(20)10-22-16(21)13-9-11(17)7-8-14(13)18/h2-9H,10H2,1H3. The second-order valence-corrected chi connectivity index (χ2v) is 5.81. The summed E-state index contributed by atoms with van der Waals surface area (Å²) in [5, 5.41) is 0.275. The molecule has 0 radical (unpaired) electrons. The highest BCUT2D eigenvalue weighted by Crippen LogP contribution is 2.21. The predicted molar refractivity (Wildman–Crippen MR) is 89.3 cm³/mol. The Morgan fingerprint density at radius 2 is 1.86 bits per heavy atom. The Hall–Kier alpha value is -1.85. The highest BCUT2D eigenvalue weighted by atomic mass is 79.9. The number of anilines is 1. The third kappa shape index (κ3) is 4.08. The molecule has 6 heteroatoms. The molecule has 0 N–H and O–H groups in total. The van der Waals surface area contributed by atoms with E-state index in [4.69, 9.17) is 16.3 Å². The summed E-state index contributed by atoms with van der Waals surface area (Å²) in [7, 11) is 1.62. The van der Waals surface area contributed by atoms with Crippen molar-refractivity contribution in [2.75, 3.05) is 18.6 Å². The topological polar surface area (TPSA) is 46.6 Å². The van der Waals surface area contributed by atoms with Gasteiger partial charge in [-0.2, -0.15) is 0 Å². The Morgan fingerprint density at radius 3 is 2.55 bits per heavy atom. The number of hydrogen-bond acceptors (Lipinski definition) is 3. The Balaban J connectivity index is 1.99. The molecule has 0 aliphatic carbocycles. The molecule has 22 heavy (non-hydrogen) atoms. The van der Waals surface area contributed by atoms with Crippen LogP contribution in [0.25, 0.3) is 0 Å². The number of carbonyl (C=O) groups excluding carboxylic acids is 2. The van der Waals surface area contributed by atoms with Gasteiger partial charge in [-0.25, -0.2) is 4.79 Å². The van der Waals surface area contributed by atoms with Crippen LogP contribution < -0.4 is 4.90 Å². The van der Waals surface area contributed by atoms with Crippen molar-refractivity contribution in [1.29, 1.82) is 0 Å². The van der Waals surface area contributed by atoms with Crippen LogP contribution >= 0.6 is 27.5 Å². The number of amides is 1. The molecule has 0 saturated carbocycles. The van der Waals surface area contributed by atoms with Crippen molar-refractivity contribution < 1.29 is 14.3 Å². The molecule has 0 fully saturated rings.